The third kappa shape index (κ3) is 3.16. The second-order valence-corrected chi connectivity index (χ2v) is 5.79. The molecular weight excluding hydrogens is 315 g/mol. The molecule has 0 saturated carbocycles. The van der Waals surface area contributed by atoms with E-state index in [2.05, 4.69) is 33.2 Å². The third-order valence-electron chi connectivity index (χ3n) is 2.60. The molecule has 2 nitrogen and oxygen atoms in total. The van der Waals surface area contributed by atoms with Gasteiger partial charge in [0, 0.05) is 21.1 Å². The molecule has 96 valence electrons. The van der Waals surface area contributed by atoms with E-state index in [0.717, 1.165) is 22.3 Å². The summed E-state index contributed by atoms with van der Waals surface area (Å²) in [7, 11) is 0. The summed E-state index contributed by atoms with van der Waals surface area (Å²) in [6.45, 7) is 2.93. The molecule has 2 rings (SSSR count). The lowest BCUT2D eigenvalue weighted by atomic mass is 10.1. The van der Waals surface area contributed by atoms with Crippen LogP contribution in [0.1, 0.15) is 29.8 Å². The van der Waals surface area contributed by atoms with Crippen molar-refractivity contribution in [2.45, 2.75) is 19.4 Å². The zero-order chi connectivity index (χ0) is 13.0. The van der Waals surface area contributed by atoms with Crippen LogP contribution in [0, 0.1) is 5.82 Å². The Bertz CT molecular complexity index is 502. The van der Waals surface area contributed by atoms with Crippen LogP contribution in [-0.2, 0) is 0 Å². The summed E-state index contributed by atoms with van der Waals surface area (Å²) in [6, 6.07) is 4.89. The maximum absolute atomic E-state index is 14.0. The van der Waals surface area contributed by atoms with Gasteiger partial charge >= 0.3 is 0 Å². The number of nitrogens with one attached hydrogen (secondary N) is 1. The monoisotopic (exact) mass is 328 g/mol. The molecular formula is C13H14BrFN2S. The van der Waals surface area contributed by atoms with Gasteiger partial charge in [0.05, 0.1) is 11.6 Å². The van der Waals surface area contributed by atoms with E-state index >= 15 is 0 Å². The molecule has 1 atom stereocenters. The van der Waals surface area contributed by atoms with Gasteiger partial charge in [-0.1, -0.05) is 22.9 Å². The molecule has 18 heavy (non-hydrogen) atoms. The summed E-state index contributed by atoms with van der Waals surface area (Å²) in [5.41, 5.74) is 2.42. The number of thiazole rings is 1. The highest BCUT2D eigenvalue weighted by Crippen LogP contribution is 2.29. The summed E-state index contributed by atoms with van der Waals surface area (Å²) < 4.78 is 14.8. The molecule has 0 aliphatic carbocycles. The maximum atomic E-state index is 14.0. The average Bonchev–Trinajstić information content (AvgIpc) is 2.88. The minimum absolute atomic E-state index is 0.130. The number of benzene rings is 1. The number of halogens is 2. The van der Waals surface area contributed by atoms with E-state index in [-0.39, 0.29) is 11.9 Å². The van der Waals surface area contributed by atoms with E-state index in [9.17, 15) is 4.39 Å². The van der Waals surface area contributed by atoms with Crippen molar-refractivity contribution in [3.05, 3.63) is 50.6 Å². The van der Waals surface area contributed by atoms with E-state index in [0.29, 0.717) is 5.56 Å². The van der Waals surface area contributed by atoms with Gasteiger partial charge in [-0.3, -0.25) is 4.98 Å². The lowest BCUT2D eigenvalue weighted by Crippen LogP contribution is -2.23. The van der Waals surface area contributed by atoms with Crippen LogP contribution in [-0.4, -0.2) is 11.5 Å². The highest BCUT2D eigenvalue weighted by molar-refractivity contribution is 9.10. The lowest BCUT2D eigenvalue weighted by Gasteiger charge is -2.18. The molecule has 0 aliphatic heterocycles. The van der Waals surface area contributed by atoms with Crippen LogP contribution in [0.15, 0.2) is 34.4 Å². The quantitative estimate of drug-likeness (QED) is 0.892. The molecule has 1 N–H and O–H groups in total. The van der Waals surface area contributed by atoms with Crippen molar-refractivity contribution in [2.24, 2.45) is 0 Å². The minimum Gasteiger partial charge on any atom is -0.305 e. The second kappa shape index (κ2) is 6.41. The molecule has 2 aromatic rings. The van der Waals surface area contributed by atoms with Gasteiger partial charge in [-0.2, -0.15) is 0 Å². The number of hydrogen-bond donors (Lipinski definition) is 1. The smallest absolute Gasteiger partial charge is 0.128 e. The second-order valence-electron chi connectivity index (χ2n) is 3.96. The predicted molar refractivity (Wildman–Crippen MR) is 76.4 cm³/mol. The molecule has 0 amide bonds. The Morgan fingerprint density at radius 2 is 2.33 bits per heavy atom. The summed E-state index contributed by atoms with van der Waals surface area (Å²) in [5, 5.41) is 3.37. The van der Waals surface area contributed by atoms with Gasteiger partial charge in [0.1, 0.15) is 5.82 Å². The molecule has 1 aromatic carbocycles. The number of hydrogen-bond acceptors (Lipinski definition) is 3. The normalized spacial score (nSPS) is 12.6. The maximum Gasteiger partial charge on any atom is 0.128 e. The highest BCUT2D eigenvalue weighted by atomic mass is 79.9. The molecule has 0 radical (unpaired) electrons. The first-order valence-corrected chi connectivity index (χ1v) is 7.46. The van der Waals surface area contributed by atoms with Crippen LogP contribution in [0.5, 0.6) is 0 Å². The van der Waals surface area contributed by atoms with E-state index in [1.165, 1.54) is 17.4 Å². The van der Waals surface area contributed by atoms with Crippen LogP contribution in [0.25, 0.3) is 0 Å². The van der Waals surface area contributed by atoms with Gasteiger partial charge in [0.25, 0.3) is 0 Å². The first kappa shape index (κ1) is 13.6. The van der Waals surface area contributed by atoms with E-state index < -0.39 is 0 Å². The zero-order valence-electron chi connectivity index (χ0n) is 9.99. The minimum atomic E-state index is -0.194. The summed E-state index contributed by atoms with van der Waals surface area (Å²) in [4.78, 5) is 5.10. The molecule has 0 spiro atoms. The Balaban J connectivity index is 2.36. The fourth-order valence-electron chi connectivity index (χ4n) is 1.76. The molecule has 1 aromatic heterocycles. The van der Waals surface area contributed by atoms with Gasteiger partial charge in [-0.15, -0.1) is 11.3 Å². The molecule has 0 aliphatic rings. The van der Waals surface area contributed by atoms with Gasteiger partial charge in [-0.05, 0) is 31.2 Å². The Morgan fingerprint density at radius 1 is 1.50 bits per heavy atom. The topological polar surface area (TPSA) is 24.9 Å². The van der Waals surface area contributed by atoms with Crippen LogP contribution >= 0.6 is 27.3 Å². The fraction of sp³-hybridized carbons (Fsp3) is 0.308. The molecule has 0 fully saturated rings. The van der Waals surface area contributed by atoms with E-state index in [1.807, 2.05) is 6.07 Å². The highest BCUT2D eigenvalue weighted by Gasteiger charge is 2.18. The Labute approximate surface area is 118 Å². The standard InChI is InChI=1S/C13H14BrFN2S/c1-2-5-17-13(12-7-16-8-18-12)10-6-9(14)3-4-11(10)15/h3-4,6-8,13,17H,2,5H2,1H3. The van der Waals surface area contributed by atoms with Crippen LogP contribution in [0.3, 0.4) is 0 Å². The SMILES string of the molecule is CCCNC(c1cncs1)c1cc(Br)ccc1F. The van der Waals surface area contributed by atoms with Crippen molar-refractivity contribution >= 4 is 27.3 Å². The van der Waals surface area contributed by atoms with Crippen LogP contribution in [0.2, 0.25) is 0 Å². The van der Waals surface area contributed by atoms with Crippen molar-refractivity contribution < 1.29 is 4.39 Å². The first-order chi connectivity index (χ1) is 8.72. The summed E-state index contributed by atoms with van der Waals surface area (Å²) in [6.07, 6.45) is 2.79. The average molecular weight is 329 g/mol. The number of nitrogens with zero attached hydrogens (tertiary/aromatic N) is 1. The van der Waals surface area contributed by atoms with Gasteiger partial charge < -0.3 is 5.32 Å². The van der Waals surface area contributed by atoms with Crippen LogP contribution < -0.4 is 5.32 Å². The Morgan fingerprint density at radius 3 is 3.00 bits per heavy atom. The molecule has 0 saturated heterocycles. The third-order valence-corrected chi connectivity index (χ3v) is 3.94. The van der Waals surface area contributed by atoms with E-state index in [1.54, 1.807) is 17.8 Å². The summed E-state index contributed by atoms with van der Waals surface area (Å²) >= 11 is 4.92. The van der Waals surface area contributed by atoms with Gasteiger partial charge in [-0.25, -0.2) is 4.39 Å². The zero-order valence-corrected chi connectivity index (χ0v) is 12.4. The summed E-state index contributed by atoms with van der Waals surface area (Å²) in [5.74, 6) is -0.194. The number of aromatic nitrogens is 1. The Kier molecular flexibility index (Phi) is 4.86. The number of rotatable bonds is 5. The predicted octanol–water partition coefficient (Wildman–Crippen LogP) is 4.13. The van der Waals surface area contributed by atoms with Crippen molar-refractivity contribution in [1.82, 2.24) is 10.3 Å². The van der Waals surface area contributed by atoms with Crippen molar-refractivity contribution in [2.75, 3.05) is 6.54 Å². The molecule has 1 heterocycles. The van der Waals surface area contributed by atoms with Crippen molar-refractivity contribution in [3.8, 4) is 0 Å². The van der Waals surface area contributed by atoms with Crippen molar-refractivity contribution in [3.63, 3.8) is 0 Å². The first-order valence-electron chi connectivity index (χ1n) is 5.79. The van der Waals surface area contributed by atoms with Crippen molar-refractivity contribution in [1.29, 1.82) is 0 Å². The Hall–Kier alpha value is -0.780. The lowest BCUT2D eigenvalue weighted by molar-refractivity contribution is 0.550. The van der Waals surface area contributed by atoms with E-state index in [4.69, 9.17) is 0 Å². The largest absolute Gasteiger partial charge is 0.305 e. The van der Waals surface area contributed by atoms with Crippen LogP contribution in [0.4, 0.5) is 4.39 Å². The molecule has 1 unspecified atom stereocenters. The molecule has 0 bridgehead atoms. The molecule has 5 heteroatoms. The van der Waals surface area contributed by atoms with Gasteiger partial charge in [0.2, 0.25) is 0 Å². The fourth-order valence-corrected chi connectivity index (χ4v) is 2.85. The van der Waals surface area contributed by atoms with Gasteiger partial charge in [0.15, 0.2) is 0 Å².